The van der Waals surface area contributed by atoms with E-state index in [1.807, 2.05) is 48.5 Å². The van der Waals surface area contributed by atoms with E-state index >= 15 is 0 Å². The fraction of sp³-hybridized carbons (Fsp3) is 0. The third kappa shape index (κ3) is 2.21. The van der Waals surface area contributed by atoms with Crippen molar-refractivity contribution in [1.29, 1.82) is 0 Å². The van der Waals surface area contributed by atoms with Gasteiger partial charge in [-0.25, -0.2) is 4.79 Å². The van der Waals surface area contributed by atoms with Gasteiger partial charge in [-0.1, -0.05) is 48.5 Å². The lowest BCUT2D eigenvalue weighted by atomic mass is 10.1. The average molecular weight is 302 g/mol. The van der Waals surface area contributed by atoms with E-state index in [2.05, 4.69) is 21.7 Å². The number of carboxylic acids is 1. The molecule has 0 unspecified atom stereocenters. The van der Waals surface area contributed by atoms with Gasteiger partial charge in [-0.15, -0.1) is 0 Å². The van der Waals surface area contributed by atoms with Crippen LogP contribution in [0.25, 0.3) is 28.0 Å². The SMILES string of the molecule is O=C(O)c1ccc(-n2c(-c3ccccc3)cc3ccccc32)[nH]1. The molecule has 2 heterocycles. The topological polar surface area (TPSA) is 58.0 Å². The largest absolute Gasteiger partial charge is 0.477 e. The van der Waals surface area contributed by atoms with Crippen molar-refractivity contribution in [2.75, 3.05) is 0 Å². The Bertz CT molecular complexity index is 997. The molecular formula is C19H14N2O2. The van der Waals surface area contributed by atoms with Crippen molar-refractivity contribution < 1.29 is 9.90 Å². The van der Waals surface area contributed by atoms with Crippen LogP contribution in [0.1, 0.15) is 10.5 Å². The molecule has 2 N–H and O–H groups in total. The molecule has 0 aliphatic carbocycles. The number of hydrogen-bond acceptors (Lipinski definition) is 1. The molecule has 0 spiro atoms. The quantitative estimate of drug-likeness (QED) is 0.592. The highest BCUT2D eigenvalue weighted by molar-refractivity contribution is 5.90. The summed E-state index contributed by atoms with van der Waals surface area (Å²) >= 11 is 0. The van der Waals surface area contributed by atoms with Crippen LogP contribution < -0.4 is 0 Å². The van der Waals surface area contributed by atoms with E-state index in [0.717, 1.165) is 28.0 Å². The third-order valence-electron chi connectivity index (χ3n) is 3.92. The molecule has 0 saturated heterocycles. The molecule has 112 valence electrons. The average Bonchev–Trinajstić information content (AvgIpc) is 3.20. The second-order valence-electron chi connectivity index (χ2n) is 5.35. The van der Waals surface area contributed by atoms with E-state index in [-0.39, 0.29) is 5.69 Å². The number of H-pyrrole nitrogens is 1. The number of aromatic nitrogens is 2. The van der Waals surface area contributed by atoms with Gasteiger partial charge in [0.1, 0.15) is 11.5 Å². The summed E-state index contributed by atoms with van der Waals surface area (Å²) in [5, 5.41) is 10.3. The standard InChI is InChI=1S/C19H14N2O2/c22-19(23)15-10-11-18(20-15)21-16-9-5-4-8-14(16)12-17(21)13-6-2-1-3-7-13/h1-12,20H,(H,22,23). The number of rotatable bonds is 3. The number of nitrogens with zero attached hydrogens (tertiary/aromatic N) is 1. The van der Waals surface area contributed by atoms with Gasteiger partial charge in [0.15, 0.2) is 0 Å². The van der Waals surface area contributed by atoms with Crippen LogP contribution in [-0.2, 0) is 0 Å². The molecule has 0 atom stereocenters. The molecule has 2 aromatic carbocycles. The maximum Gasteiger partial charge on any atom is 0.352 e. The maximum atomic E-state index is 11.2. The normalized spacial score (nSPS) is 11.0. The van der Waals surface area contributed by atoms with Gasteiger partial charge in [-0.05, 0) is 29.8 Å². The van der Waals surface area contributed by atoms with Crippen LogP contribution in [0.4, 0.5) is 0 Å². The van der Waals surface area contributed by atoms with E-state index in [0.29, 0.717) is 0 Å². The molecule has 0 amide bonds. The smallest absolute Gasteiger partial charge is 0.352 e. The molecule has 2 aromatic heterocycles. The van der Waals surface area contributed by atoms with E-state index in [9.17, 15) is 4.79 Å². The fourth-order valence-electron chi connectivity index (χ4n) is 2.87. The predicted octanol–water partition coefficient (Wildman–Crippen LogP) is 4.32. The summed E-state index contributed by atoms with van der Waals surface area (Å²) in [6, 6.07) is 23.6. The zero-order chi connectivity index (χ0) is 15.8. The van der Waals surface area contributed by atoms with Crippen LogP contribution in [0.3, 0.4) is 0 Å². The Morgan fingerprint density at radius 1 is 0.913 bits per heavy atom. The molecule has 4 heteroatoms. The van der Waals surface area contributed by atoms with E-state index in [4.69, 9.17) is 5.11 Å². The van der Waals surface area contributed by atoms with Crippen LogP contribution in [0, 0.1) is 0 Å². The lowest BCUT2D eigenvalue weighted by molar-refractivity contribution is 0.0691. The molecule has 0 bridgehead atoms. The zero-order valence-electron chi connectivity index (χ0n) is 12.2. The van der Waals surface area contributed by atoms with Crippen LogP contribution in [-0.4, -0.2) is 20.6 Å². The predicted molar refractivity (Wildman–Crippen MR) is 90.0 cm³/mol. The second kappa shape index (κ2) is 5.18. The first-order chi connectivity index (χ1) is 11.2. The van der Waals surface area contributed by atoms with E-state index in [1.165, 1.54) is 0 Å². The number of aromatic amines is 1. The number of para-hydroxylation sites is 1. The number of hydrogen-bond donors (Lipinski definition) is 2. The van der Waals surface area contributed by atoms with Gasteiger partial charge in [0.05, 0.1) is 11.2 Å². The van der Waals surface area contributed by atoms with Crippen molar-refractivity contribution in [2.24, 2.45) is 0 Å². The van der Waals surface area contributed by atoms with E-state index in [1.54, 1.807) is 12.1 Å². The Morgan fingerprint density at radius 2 is 1.65 bits per heavy atom. The summed E-state index contributed by atoms with van der Waals surface area (Å²) in [6.45, 7) is 0. The van der Waals surface area contributed by atoms with E-state index < -0.39 is 5.97 Å². The van der Waals surface area contributed by atoms with Crippen molar-refractivity contribution in [2.45, 2.75) is 0 Å². The van der Waals surface area contributed by atoms with Crippen molar-refractivity contribution in [1.82, 2.24) is 9.55 Å². The number of fused-ring (bicyclic) bond motifs is 1. The number of carboxylic acid groups (broad SMARTS) is 1. The first-order valence-electron chi connectivity index (χ1n) is 7.32. The van der Waals surface area contributed by atoms with Crippen molar-refractivity contribution in [3.8, 4) is 17.1 Å². The summed E-state index contributed by atoms with van der Waals surface area (Å²) in [7, 11) is 0. The Morgan fingerprint density at radius 3 is 2.39 bits per heavy atom. The van der Waals surface area contributed by atoms with Gasteiger partial charge < -0.3 is 10.1 Å². The molecule has 4 nitrogen and oxygen atoms in total. The minimum absolute atomic E-state index is 0.178. The Balaban J connectivity index is 2.01. The maximum absolute atomic E-state index is 11.2. The molecular weight excluding hydrogens is 288 g/mol. The second-order valence-corrected chi connectivity index (χ2v) is 5.35. The minimum Gasteiger partial charge on any atom is -0.477 e. The van der Waals surface area contributed by atoms with Crippen LogP contribution in [0.5, 0.6) is 0 Å². The molecule has 0 radical (unpaired) electrons. The van der Waals surface area contributed by atoms with Gasteiger partial charge >= 0.3 is 5.97 Å². The molecule has 0 aliphatic rings. The zero-order valence-corrected chi connectivity index (χ0v) is 12.2. The molecule has 4 aromatic rings. The van der Waals surface area contributed by atoms with Crippen LogP contribution in [0.15, 0.2) is 72.8 Å². The molecule has 4 rings (SSSR count). The highest BCUT2D eigenvalue weighted by Gasteiger charge is 2.14. The van der Waals surface area contributed by atoms with Crippen LogP contribution >= 0.6 is 0 Å². The van der Waals surface area contributed by atoms with Gasteiger partial charge in [0.2, 0.25) is 0 Å². The lowest BCUT2D eigenvalue weighted by Gasteiger charge is -2.09. The summed E-state index contributed by atoms with van der Waals surface area (Å²) in [5.41, 5.74) is 3.31. The molecule has 0 aliphatic heterocycles. The molecule has 23 heavy (non-hydrogen) atoms. The summed E-state index contributed by atoms with van der Waals surface area (Å²) in [4.78, 5) is 14.1. The monoisotopic (exact) mass is 302 g/mol. The van der Waals surface area contributed by atoms with Crippen molar-refractivity contribution in [3.05, 3.63) is 78.5 Å². The molecule has 0 saturated carbocycles. The number of carbonyl (C=O) groups is 1. The Labute approximate surface area is 132 Å². The fourth-order valence-corrected chi connectivity index (χ4v) is 2.87. The molecule has 0 fully saturated rings. The minimum atomic E-state index is -0.964. The summed E-state index contributed by atoms with van der Waals surface area (Å²) in [5.74, 6) is -0.226. The van der Waals surface area contributed by atoms with Gasteiger partial charge in [0.25, 0.3) is 0 Å². The Kier molecular flexibility index (Phi) is 3.01. The van der Waals surface area contributed by atoms with Gasteiger partial charge in [0, 0.05) is 5.39 Å². The summed E-state index contributed by atoms with van der Waals surface area (Å²) in [6.07, 6.45) is 0. The van der Waals surface area contributed by atoms with Crippen molar-refractivity contribution >= 4 is 16.9 Å². The first kappa shape index (κ1) is 13.4. The lowest BCUT2D eigenvalue weighted by Crippen LogP contribution is -2.00. The highest BCUT2D eigenvalue weighted by atomic mass is 16.4. The third-order valence-corrected chi connectivity index (χ3v) is 3.92. The van der Waals surface area contributed by atoms with Crippen LogP contribution in [0.2, 0.25) is 0 Å². The van der Waals surface area contributed by atoms with Gasteiger partial charge in [-0.3, -0.25) is 4.57 Å². The number of nitrogens with one attached hydrogen (secondary N) is 1. The first-order valence-corrected chi connectivity index (χ1v) is 7.32. The highest BCUT2D eigenvalue weighted by Crippen LogP contribution is 2.31. The number of aromatic carboxylic acids is 1. The number of benzene rings is 2. The van der Waals surface area contributed by atoms with Crippen molar-refractivity contribution in [3.63, 3.8) is 0 Å². The Hall–Kier alpha value is -3.27. The van der Waals surface area contributed by atoms with Gasteiger partial charge in [-0.2, -0.15) is 0 Å². The summed E-state index contributed by atoms with van der Waals surface area (Å²) < 4.78 is 2.05.